The maximum absolute atomic E-state index is 14.2. The van der Waals surface area contributed by atoms with E-state index in [-0.39, 0.29) is 11.6 Å². The molecule has 3 aromatic rings. The molecule has 0 amide bonds. The monoisotopic (exact) mass is 691 g/mol. The molecule has 48 heavy (non-hydrogen) atoms. The van der Waals surface area contributed by atoms with Crippen molar-refractivity contribution in [1.29, 1.82) is 0 Å². The number of benzene rings is 2. The van der Waals surface area contributed by atoms with Crippen molar-refractivity contribution in [3.8, 4) is 0 Å². The van der Waals surface area contributed by atoms with E-state index in [4.69, 9.17) is 33.2 Å². The highest BCUT2D eigenvalue weighted by Crippen LogP contribution is 2.61. The van der Waals surface area contributed by atoms with E-state index in [1.54, 1.807) is 10.6 Å². The number of ketones is 1. The van der Waals surface area contributed by atoms with Crippen LogP contribution in [0.1, 0.15) is 52.0 Å². The summed E-state index contributed by atoms with van der Waals surface area (Å²) in [7, 11) is 2.12. The maximum Gasteiger partial charge on any atom is 0.262 e. The zero-order valence-corrected chi connectivity index (χ0v) is 30.0. The fraction of sp³-hybridized carbons (Fsp3) is 0.568. The summed E-state index contributed by atoms with van der Waals surface area (Å²) < 4.78 is 1.81. The van der Waals surface area contributed by atoms with Crippen molar-refractivity contribution in [2.24, 2.45) is 28.2 Å². The number of likely N-dealkylation sites (tertiary alicyclic amines) is 1. The topological polar surface area (TPSA) is 86.1 Å². The van der Waals surface area contributed by atoms with Crippen molar-refractivity contribution in [3.63, 3.8) is 0 Å². The van der Waals surface area contributed by atoms with Crippen molar-refractivity contribution in [2.75, 3.05) is 56.5 Å². The van der Waals surface area contributed by atoms with Crippen LogP contribution in [-0.4, -0.2) is 83.5 Å². The molecule has 0 spiro atoms. The third kappa shape index (κ3) is 6.46. The molecule has 11 heteroatoms. The second-order valence-electron chi connectivity index (χ2n) is 15.0. The normalized spacial score (nSPS) is 26.1. The Hall–Kier alpha value is -3.14. The van der Waals surface area contributed by atoms with Gasteiger partial charge in [0.25, 0.3) is 5.56 Å². The molecular weight excluding hydrogens is 645 g/mol. The SMILES string of the molecule is C[C@@H]1[C@@H](/N=C(/Nc2ccc3c(=O)n(CCc4ccc(Cl)cc4Cl)c(N4CCN(C)CC4)nc3c2)N2CCC(=O)CC2)C[C@@H]2C[C@H]1C2(C)C. The molecule has 3 saturated carbocycles. The fourth-order valence-corrected chi connectivity index (χ4v) is 8.94. The molecule has 9 nitrogen and oxygen atoms in total. The number of aromatic nitrogens is 2. The van der Waals surface area contributed by atoms with Crippen LogP contribution >= 0.6 is 23.2 Å². The quantitative estimate of drug-likeness (QED) is 0.243. The molecule has 2 aliphatic heterocycles. The van der Waals surface area contributed by atoms with E-state index in [1.807, 2.05) is 30.3 Å². The molecule has 0 radical (unpaired) electrons. The van der Waals surface area contributed by atoms with Gasteiger partial charge in [0.2, 0.25) is 5.95 Å². The summed E-state index contributed by atoms with van der Waals surface area (Å²) in [6.07, 6.45) is 4.05. The fourth-order valence-electron chi connectivity index (χ4n) is 8.43. The van der Waals surface area contributed by atoms with Gasteiger partial charge in [-0.1, -0.05) is 50.0 Å². The second kappa shape index (κ2) is 13.3. The number of aliphatic imine (C=N–C) groups is 1. The Kier molecular flexibility index (Phi) is 9.24. The molecule has 2 bridgehead atoms. The number of hydrogen-bond donors (Lipinski definition) is 1. The number of guanidine groups is 1. The van der Waals surface area contributed by atoms with Crippen LogP contribution in [0.25, 0.3) is 10.9 Å². The molecule has 8 rings (SSSR count). The van der Waals surface area contributed by atoms with E-state index in [9.17, 15) is 9.59 Å². The number of anilines is 2. The summed E-state index contributed by atoms with van der Waals surface area (Å²) >= 11 is 12.6. The molecular formula is C37H47Cl2N7O2. The van der Waals surface area contributed by atoms with Crippen molar-refractivity contribution in [2.45, 2.75) is 65.5 Å². The molecule has 1 N–H and O–H groups in total. The summed E-state index contributed by atoms with van der Waals surface area (Å²) in [4.78, 5) is 43.6. The van der Waals surface area contributed by atoms with Crippen LogP contribution in [0.3, 0.4) is 0 Å². The van der Waals surface area contributed by atoms with Crippen LogP contribution in [-0.2, 0) is 17.8 Å². The van der Waals surface area contributed by atoms with Crippen LogP contribution in [0, 0.1) is 23.2 Å². The Labute approximate surface area is 293 Å². The van der Waals surface area contributed by atoms with Crippen molar-refractivity contribution in [3.05, 3.63) is 62.4 Å². The Morgan fingerprint density at radius 2 is 1.75 bits per heavy atom. The molecule has 4 atom stereocenters. The van der Waals surface area contributed by atoms with E-state index >= 15 is 0 Å². The van der Waals surface area contributed by atoms with Gasteiger partial charge in [0.15, 0.2) is 5.96 Å². The van der Waals surface area contributed by atoms with E-state index in [1.165, 1.54) is 6.42 Å². The van der Waals surface area contributed by atoms with Gasteiger partial charge in [-0.25, -0.2) is 9.98 Å². The lowest BCUT2D eigenvalue weighted by Crippen LogP contribution is -2.56. The molecule has 3 aliphatic carbocycles. The number of piperidine rings is 1. The smallest absolute Gasteiger partial charge is 0.262 e. The number of aryl methyl sites for hydroxylation is 1. The molecule has 256 valence electrons. The van der Waals surface area contributed by atoms with Gasteiger partial charge in [-0.3, -0.25) is 14.2 Å². The van der Waals surface area contributed by atoms with Gasteiger partial charge >= 0.3 is 0 Å². The summed E-state index contributed by atoms with van der Waals surface area (Å²) in [5, 5.41) is 5.40. The molecule has 2 aromatic carbocycles. The number of likely N-dealkylation sites (N-methyl/N-ethyl adjacent to an activating group) is 1. The number of nitrogens with zero attached hydrogens (tertiary/aromatic N) is 6. The number of piperazine rings is 1. The lowest BCUT2D eigenvalue weighted by molar-refractivity contribution is -0.120. The number of carbonyl (C=O) groups excluding carboxylic acids is 1. The van der Waals surface area contributed by atoms with Crippen LogP contribution in [0.5, 0.6) is 0 Å². The number of rotatable bonds is 6. The Bertz CT molecular complexity index is 1790. The third-order valence-corrected chi connectivity index (χ3v) is 12.4. The molecule has 2 saturated heterocycles. The zero-order chi connectivity index (χ0) is 33.7. The minimum atomic E-state index is -0.0631. The highest BCUT2D eigenvalue weighted by Gasteiger charge is 2.56. The van der Waals surface area contributed by atoms with E-state index in [0.717, 1.165) is 49.8 Å². The second-order valence-corrected chi connectivity index (χ2v) is 15.8. The number of halogens is 2. The van der Waals surface area contributed by atoms with E-state index in [2.05, 4.69) is 47.8 Å². The number of fused-ring (bicyclic) bond motifs is 3. The molecule has 1 aromatic heterocycles. The van der Waals surface area contributed by atoms with Crippen LogP contribution in [0.15, 0.2) is 46.2 Å². The lowest BCUT2D eigenvalue weighted by atomic mass is 9.45. The summed E-state index contributed by atoms with van der Waals surface area (Å²) in [6.45, 7) is 12.3. The van der Waals surface area contributed by atoms with Gasteiger partial charge in [-0.2, -0.15) is 0 Å². The van der Waals surface area contributed by atoms with Crippen LogP contribution in [0.4, 0.5) is 11.6 Å². The van der Waals surface area contributed by atoms with Gasteiger partial charge in [0, 0.05) is 74.4 Å². The number of hydrogen-bond acceptors (Lipinski definition) is 6. The standard InChI is InChI=1S/C37H47Cl2N7O2/c1-23-30-19-25(37(30,2)3)20-32(23)41-35(44-12-10-28(47)11-13-44)40-27-7-8-29-33(22-27)42-36(45-17-15-43(4)16-18-45)46(34(29)48)14-9-24-5-6-26(38)21-31(24)39/h5-8,21-23,25,30,32H,9-20H2,1-4H3,(H,40,41)/t23-,25-,30+,32-/m0/s1. The van der Waals surface area contributed by atoms with Gasteiger partial charge < -0.3 is 20.0 Å². The average molecular weight is 693 g/mol. The van der Waals surface area contributed by atoms with Crippen LogP contribution < -0.4 is 15.8 Å². The third-order valence-electron chi connectivity index (χ3n) is 11.8. The van der Waals surface area contributed by atoms with Gasteiger partial charge in [0.1, 0.15) is 5.78 Å². The van der Waals surface area contributed by atoms with E-state index < -0.39 is 0 Å². The van der Waals surface area contributed by atoms with Crippen molar-refractivity contribution < 1.29 is 4.79 Å². The first-order chi connectivity index (χ1) is 23.0. The zero-order valence-electron chi connectivity index (χ0n) is 28.5. The molecule has 5 aliphatic rings. The number of carbonyl (C=O) groups is 1. The summed E-state index contributed by atoms with van der Waals surface area (Å²) in [6, 6.07) is 11.6. The highest BCUT2D eigenvalue weighted by molar-refractivity contribution is 6.35. The Balaban J connectivity index is 1.21. The minimum Gasteiger partial charge on any atom is -0.342 e. The minimum absolute atomic E-state index is 0.0631. The van der Waals surface area contributed by atoms with Crippen molar-refractivity contribution in [1.82, 2.24) is 19.4 Å². The van der Waals surface area contributed by atoms with Gasteiger partial charge in [-0.15, -0.1) is 0 Å². The molecule has 0 unspecified atom stereocenters. The predicted octanol–water partition coefficient (Wildman–Crippen LogP) is 6.20. The number of Topliss-reactive ketones (excluding diaryl/α,β-unsaturated/α-hetero) is 1. The largest absolute Gasteiger partial charge is 0.342 e. The van der Waals surface area contributed by atoms with Gasteiger partial charge in [0.05, 0.1) is 16.9 Å². The van der Waals surface area contributed by atoms with E-state index in [0.29, 0.717) is 94.7 Å². The Morgan fingerprint density at radius 3 is 2.44 bits per heavy atom. The molecule has 3 heterocycles. The summed E-state index contributed by atoms with van der Waals surface area (Å²) in [5.74, 6) is 3.70. The first-order valence-corrected chi connectivity index (χ1v) is 18.3. The van der Waals surface area contributed by atoms with Crippen molar-refractivity contribution >= 4 is 57.5 Å². The average Bonchev–Trinajstić information content (AvgIpc) is 3.06. The van der Waals surface area contributed by atoms with Crippen LogP contribution in [0.2, 0.25) is 10.0 Å². The first-order valence-electron chi connectivity index (χ1n) is 17.5. The lowest BCUT2D eigenvalue weighted by Gasteiger charge is -2.61. The first kappa shape index (κ1) is 33.4. The Morgan fingerprint density at radius 1 is 1.00 bits per heavy atom. The highest BCUT2D eigenvalue weighted by atomic mass is 35.5. The summed E-state index contributed by atoms with van der Waals surface area (Å²) in [5.41, 5.74) is 2.76. The van der Waals surface area contributed by atoms with Gasteiger partial charge in [-0.05, 0) is 85.4 Å². The molecule has 5 fully saturated rings. The number of nitrogens with one attached hydrogen (secondary N) is 1. The predicted molar refractivity (Wildman–Crippen MR) is 196 cm³/mol. The maximum atomic E-state index is 14.2.